The third-order valence-corrected chi connectivity index (χ3v) is 4.99. The molecule has 0 atom stereocenters. The van der Waals surface area contributed by atoms with Gasteiger partial charge in [-0.25, -0.2) is 0 Å². The Bertz CT molecular complexity index is 591. The molecule has 0 aromatic heterocycles. The van der Waals surface area contributed by atoms with Gasteiger partial charge in [0, 0.05) is 22.5 Å². The third-order valence-electron chi connectivity index (χ3n) is 3.72. The molecule has 0 heterocycles. The summed E-state index contributed by atoms with van der Waals surface area (Å²) in [5.41, 5.74) is 0. The van der Waals surface area contributed by atoms with Crippen LogP contribution in [0.5, 0.6) is 5.75 Å². The zero-order valence-corrected chi connectivity index (χ0v) is 14.4. The summed E-state index contributed by atoms with van der Waals surface area (Å²) < 4.78 is 5.96. The van der Waals surface area contributed by atoms with Crippen molar-refractivity contribution in [1.82, 2.24) is 0 Å². The fourth-order valence-corrected chi connectivity index (χ4v) is 3.61. The van der Waals surface area contributed by atoms with Gasteiger partial charge in [0.25, 0.3) is 0 Å². The summed E-state index contributed by atoms with van der Waals surface area (Å²) in [4.78, 5) is 1.41. The highest BCUT2D eigenvalue weighted by Crippen LogP contribution is 2.30. The van der Waals surface area contributed by atoms with E-state index in [9.17, 15) is 0 Å². The fourth-order valence-electron chi connectivity index (χ4n) is 2.45. The minimum Gasteiger partial charge on any atom is -0.493 e. The molecule has 0 radical (unpaired) electrons. The number of thiol groups is 1. The van der Waals surface area contributed by atoms with Crippen molar-refractivity contribution in [3.8, 4) is 5.75 Å². The van der Waals surface area contributed by atoms with Crippen molar-refractivity contribution < 1.29 is 4.74 Å². The quantitative estimate of drug-likeness (QED) is 0.242. The Kier molecular flexibility index (Phi) is 7.38. The summed E-state index contributed by atoms with van der Waals surface area (Å²) >= 11 is 1.41. The molecule has 0 saturated heterocycles. The predicted molar refractivity (Wildman–Crippen MR) is 100 cm³/mol. The van der Waals surface area contributed by atoms with Gasteiger partial charge >= 0.3 is 0 Å². The Balaban J connectivity index is 2.08. The van der Waals surface area contributed by atoms with Crippen LogP contribution in [0, 0.1) is 0 Å². The second-order valence-electron chi connectivity index (χ2n) is 5.50. The summed E-state index contributed by atoms with van der Waals surface area (Å²) in [6.45, 7) is 6.78. The highest BCUT2D eigenvalue weighted by molar-refractivity contribution is 7.78. The van der Waals surface area contributed by atoms with E-state index in [2.05, 4.69) is 49.9 Å². The van der Waals surface area contributed by atoms with Crippen molar-refractivity contribution >= 4 is 22.5 Å². The Hall–Kier alpha value is -1.41. The van der Waals surface area contributed by atoms with Gasteiger partial charge in [0.05, 0.1) is 6.61 Å². The molecule has 0 saturated carbocycles. The molecule has 0 aliphatic rings. The first kappa shape index (κ1) is 17.0. The minimum atomic E-state index is 0.805. The smallest absolute Gasteiger partial charge is 0.160 e. The van der Waals surface area contributed by atoms with E-state index in [4.69, 9.17) is 4.74 Å². The Morgan fingerprint density at radius 1 is 1.05 bits per heavy atom. The lowest BCUT2D eigenvalue weighted by Gasteiger charge is -2.09. The van der Waals surface area contributed by atoms with Gasteiger partial charge in [-0.15, -0.1) is 6.58 Å². The molecule has 2 aromatic rings. The summed E-state index contributed by atoms with van der Waals surface area (Å²) in [6.07, 6.45) is 7.91. The maximum Gasteiger partial charge on any atom is 0.160 e. The van der Waals surface area contributed by atoms with Gasteiger partial charge in [-0.2, -0.15) is 0 Å². The average Bonchev–Trinajstić information content (AvgIpc) is 2.56. The molecule has 1 nitrogen and oxygen atoms in total. The number of hydrogen-bond donors (Lipinski definition) is 0. The van der Waals surface area contributed by atoms with E-state index in [1.807, 2.05) is 6.08 Å². The monoisotopic (exact) mass is 315 g/mol. The molecule has 0 amide bonds. The highest BCUT2D eigenvalue weighted by Gasteiger charge is 2.12. The van der Waals surface area contributed by atoms with Crippen LogP contribution in [-0.4, -0.2) is 12.4 Å². The first-order valence-electron chi connectivity index (χ1n) is 8.29. The van der Waals surface area contributed by atoms with Gasteiger partial charge in [0.2, 0.25) is 0 Å². The van der Waals surface area contributed by atoms with Gasteiger partial charge in [-0.1, -0.05) is 37.6 Å². The largest absolute Gasteiger partial charge is 0.493 e. The van der Waals surface area contributed by atoms with E-state index in [-0.39, 0.29) is 0 Å². The van der Waals surface area contributed by atoms with Crippen LogP contribution in [0.15, 0.2) is 53.9 Å². The molecule has 0 bridgehead atoms. The van der Waals surface area contributed by atoms with E-state index < -0.39 is 0 Å². The lowest BCUT2D eigenvalue weighted by atomic mass is 10.1. The molecule has 0 N–H and O–H groups in total. The second-order valence-corrected chi connectivity index (χ2v) is 6.74. The summed E-state index contributed by atoms with van der Waals surface area (Å²) in [5, 5.41) is 2.58. The Morgan fingerprint density at radius 3 is 2.64 bits per heavy atom. The summed E-state index contributed by atoms with van der Waals surface area (Å²) in [7, 11) is 0. The summed E-state index contributed by atoms with van der Waals surface area (Å²) in [6, 6.07) is 13.0. The zero-order chi connectivity index (χ0) is 15.6. The molecule has 0 spiro atoms. The molecule has 0 aliphatic heterocycles. The molecule has 0 aliphatic carbocycles. The maximum absolute atomic E-state index is 5.96. The lowest BCUT2D eigenvalue weighted by Crippen LogP contribution is -1.98. The number of unbranched alkanes of at least 4 members (excludes halogenated alkanes) is 3. The molecule has 0 unspecified atom stereocenters. The molecule has 2 rings (SSSR count). The fraction of sp³-hybridized carbons (Fsp3) is 0.400. The van der Waals surface area contributed by atoms with Crippen LogP contribution in [0.25, 0.3) is 10.8 Å². The molecule has 118 valence electrons. The number of hydrogen-bond acceptors (Lipinski definition) is 1. The Morgan fingerprint density at radius 2 is 1.86 bits per heavy atom. The molecular weight excluding hydrogens is 288 g/mol. The van der Waals surface area contributed by atoms with Gasteiger partial charge in [0.1, 0.15) is 11.5 Å². The van der Waals surface area contributed by atoms with Gasteiger partial charge in [0.15, 0.2) is 4.90 Å². The predicted octanol–water partition coefficient (Wildman–Crippen LogP) is 5.55. The molecular formula is C20H27OS+. The van der Waals surface area contributed by atoms with Gasteiger partial charge in [-0.3, -0.25) is 0 Å². The minimum absolute atomic E-state index is 0.805. The second kappa shape index (κ2) is 9.58. The zero-order valence-electron chi connectivity index (χ0n) is 13.6. The van der Waals surface area contributed by atoms with Crippen LogP contribution in [0.2, 0.25) is 0 Å². The molecule has 2 aromatic carbocycles. The number of fused-ring (bicyclic) bond motifs is 1. The van der Waals surface area contributed by atoms with Crippen LogP contribution in [0.4, 0.5) is 0 Å². The van der Waals surface area contributed by atoms with Crippen molar-refractivity contribution in [3.05, 3.63) is 49.1 Å². The van der Waals surface area contributed by atoms with E-state index in [0.717, 1.165) is 25.2 Å². The molecule has 22 heavy (non-hydrogen) atoms. The van der Waals surface area contributed by atoms with Crippen molar-refractivity contribution in [1.29, 1.82) is 0 Å². The van der Waals surface area contributed by atoms with Crippen molar-refractivity contribution in [2.24, 2.45) is 0 Å². The topological polar surface area (TPSA) is 9.23 Å². The van der Waals surface area contributed by atoms with Crippen molar-refractivity contribution in [2.75, 3.05) is 12.4 Å². The van der Waals surface area contributed by atoms with Crippen LogP contribution >= 0.6 is 0 Å². The molecule has 0 fully saturated rings. The maximum atomic E-state index is 5.96. The number of allylic oxidation sites excluding steroid dienone is 1. The first-order valence-corrected chi connectivity index (χ1v) is 9.37. The van der Waals surface area contributed by atoms with Crippen LogP contribution in [-0.2, 0) is 11.8 Å². The van der Waals surface area contributed by atoms with Gasteiger partial charge in [-0.05, 0) is 43.9 Å². The SMILES string of the molecule is C=CCCCC[SH+]c1ccc(OCCCC)c2ccccc12. The van der Waals surface area contributed by atoms with E-state index in [1.54, 1.807) is 0 Å². The average molecular weight is 316 g/mol. The van der Waals surface area contributed by atoms with E-state index >= 15 is 0 Å². The van der Waals surface area contributed by atoms with E-state index in [0.29, 0.717) is 0 Å². The van der Waals surface area contributed by atoms with Crippen LogP contribution in [0.3, 0.4) is 0 Å². The van der Waals surface area contributed by atoms with Crippen LogP contribution in [0.1, 0.15) is 39.0 Å². The van der Waals surface area contributed by atoms with Crippen molar-refractivity contribution in [3.63, 3.8) is 0 Å². The Labute approximate surface area is 138 Å². The van der Waals surface area contributed by atoms with Crippen LogP contribution < -0.4 is 4.74 Å². The first-order chi connectivity index (χ1) is 10.9. The number of rotatable bonds is 10. The number of ether oxygens (including phenoxy) is 1. The van der Waals surface area contributed by atoms with Gasteiger partial charge < -0.3 is 4.74 Å². The van der Waals surface area contributed by atoms with E-state index in [1.165, 1.54) is 52.4 Å². The molecule has 2 heteroatoms. The highest BCUT2D eigenvalue weighted by atomic mass is 32.2. The normalized spacial score (nSPS) is 10.8. The number of benzene rings is 2. The standard InChI is InChI=1S/C20H26OS/c1-3-5-7-10-16-22-20-14-13-19(21-15-6-4-2)17-11-8-9-12-18(17)20/h3,8-9,11-14H,1,4-7,10,15-16H2,2H3/p+1. The van der Waals surface area contributed by atoms with Crippen molar-refractivity contribution in [2.45, 2.75) is 43.9 Å². The lowest BCUT2D eigenvalue weighted by molar-refractivity contribution is 0.313. The third kappa shape index (κ3) is 4.81. The summed E-state index contributed by atoms with van der Waals surface area (Å²) in [5.74, 6) is 2.24.